The smallest absolute Gasteiger partial charge is 0.226 e. The van der Waals surface area contributed by atoms with E-state index in [1.54, 1.807) is 26.2 Å². The summed E-state index contributed by atoms with van der Waals surface area (Å²) in [6.45, 7) is 2.33. The van der Waals surface area contributed by atoms with E-state index in [1.165, 1.54) is 11.0 Å². The van der Waals surface area contributed by atoms with E-state index in [4.69, 9.17) is 4.74 Å². The molecular formula is C12H16FNO2. The van der Waals surface area contributed by atoms with Crippen molar-refractivity contribution in [2.45, 2.75) is 13.3 Å². The van der Waals surface area contributed by atoms with Gasteiger partial charge in [-0.1, -0.05) is 6.07 Å². The van der Waals surface area contributed by atoms with Gasteiger partial charge in [0.2, 0.25) is 5.91 Å². The van der Waals surface area contributed by atoms with Crippen LogP contribution in [0.1, 0.15) is 12.5 Å². The number of rotatable bonds is 4. The quantitative estimate of drug-likeness (QED) is 0.782. The number of carbonyl (C=O) groups is 1. The van der Waals surface area contributed by atoms with E-state index in [1.807, 2.05) is 6.92 Å². The average Bonchev–Trinajstić information content (AvgIpc) is 2.22. The van der Waals surface area contributed by atoms with Gasteiger partial charge < -0.3 is 9.64 Å². The third-order valence-electron chi connectivity index (χ3n) is 2.18. The zero-order chi connectivity index (χ0) is 12.1. The number of hydrogen-bond acceptors (Lipinski definition) is 2. The average molecular weight is 225 g/mol. The molecule has 88 valence electrons. The highest BCUT2D eigenvalue weighted by molar-refractivity contribution is 5.78. The number of benzene rings is 1. The summed E-state index contributed by atoms with van der Waals surface area (Å²) in [5, 5.41) is 0. The van der Waals surface area contributed by atoms with Crippen molar-refractivity contribution in [2.24, 2.45) is 0 Å². The van der Waals surface area contributed by atoms with Crippen molar-refractivity contribution >= 4 is 5.91 Å². The normalized spacial score (nSPS) is 10.0. The number of nitrogens with zero attached hydrogens (tertiary/aromatic N) is 1. The molecule has 3 nitrogen and oxygen atoms in total. The van der Waals surface area contributed by atoms with Gasteiger partial charge in [-0.3, -0.25) is 4.79 Å². The van der Waals surface area contributed by atoms with Crippen LogP contribution in [0, 0.1) is 5.82 Å². The maximum atomic E-state index is 13.5. The summed E-state index contributed by atoms with van der Waals surface area (Å²) in [6.07, 6.45) is 0.0746. The first-order valence-corrected chi connectivity index (χ1v) is 5.16. The maximum Gasteiger partial charge on any atom is 0.226 e. The van der Waals surface area contributed by atoms with Crippen LogP contribution in [0.5, 0.6) is 5.75 Å². The Morgan fingerprint density at radius 3 is 2.62 bits per heavy atom. The minimum atomic E-state index is -0.402. The van der Waals surface area contributed by atoms with Crippen LogP contribution >= 0.6 is 0 Å². The van der Waals surface area contributed by atoms with Crippen LogP contribution in [0.3, 0.4) is 0 Å². The molecule has 0 spiro atoms. The van der Waals surface area contributed by atoms with Crippen molar-refractivity contribution in [1.29, 1.82) is 0 Å². The highest BCUT2D eigenvalue weighted by Gasteiger charge is 2.10. The lowest BCUT2D eigenvalue weighted by Crippen LogP contribution is -2.23. The molecular weight excluding hydrogens is 209 g/mol. The lowest BCUT2D eigenvalue weighted by atomic mass is 10.1. The van der Waals surface area contributed by atoms with Gasteiger partial charge in [0.15, 0.2) is 0 Å². The first-order chi connectivity index (χ1) is 7.54. The molecule has 0 aromatic heterocycles. The molecule has 1 amide bonds. The zero-order valence-electron chi connectivity index (χ0n) is 9.79. The maximum absolute atomic E-state index is 13.5. The second-order valence-corrected chi connectivity index (χ2v) is 3.65. The Morgan fingerprint density at radius 1 is 1.44 bits per heavy atom. The molecule has 0 saturated carbocycles. The summed E-state index contributed by atoms with van der Waals surface area (Å²) in [6, 6.07) is 4.56. The lowest BCUT2D eigenvalue weighted by Gasteiger charge is -2.11. The van der Waals surface area contributed by atoms with Crippen molar-refractivity contribution in [1.82, 2.24) is 4.90 Å². The van der Waals surface area contributed by atoms with Crippen molar-refractivity contribution < 1.29 is 13.9 Å². The van der Waals surface area contributed by atoms with Gasteiger partial charge in [-0.2, -0.15) is 0 Å². The van der Waals surface area contributed by atoms with Crippen molar-refractivity contribution in [2.75, 3.05) is 20.7 Å². The van der Waals surface area contributed by atoms with Gasteiger partial charge in [0, 0.05) is 20.2 Å². The van der Waals surface area contributed by atoms with Gasteiger partial charge in [-0.25, -0.2) is 4.39 Å². The van der Waals surface area contributed by atoms with E-state index in [2.05, 4.69) is 0 Å². The van der Waals surface area contributed by atoms with E-state index in [-0.39, 0.29) is 12.3 Å². The molecule has 0 heterocycles. The summed E-state index contributed by atoms with van der Waals surface area (Å²) in [5.41, 5.74) is 0.391. The van der Waals surface area contributed by atoms with Gasteiger partial charge in [0.25, 0.3) is 0 Å². The molecule has 1 rings (SSSR count). The third kappa shape index (κ3) is 3.22. The van der Waals surface area contributed by atoms with E-state index in [0.29, 0.717) is 17.9 Å². The molecule has 16 heavy (non-hydrogen) atoms. The monoisotopic (exact) mass is 225 g/mol. The number of amides is 1. The molecule has 0 N–H and O–H groups in total. The second-order valence-electron chi connectivity index (χ2n) is 3.65. The number of ether oxygens (including phenoxy) is 1. The first-order valence-electron chi connectivity index (χ1n) is 5.16. The second kappa shape index (κ2) is 5.49. The van der Waals surface area contributed by atoms with Crippen LogP contribution in [0.2, 0.25) is 0 Å². The molecule has 0 aliphatic heterocycles. The van der Waals surface area contributed by atoms with Crippen LogP contribution in [0.15, 0.2) is 18.2 Å². The predicted octanol–water partition coefficient (Wildman–Crippen LogP) is 1.86. The Kier molecular flexibility index (Phi) is 4.28. The van der Waals surface area contributed by atoms with Crippen LogP contribution in [0.4, 0.5) is 4.39 Å². The van der Waals surface area contributed by atoms with Gasteiger partial charge in [0.05, 0.1) is 13.0 Å². The molecule has 0 aliphatic rings. The Morgan fingerprint density at radius 2 is 2.12 bits per heavy atom. The van der Waals surface area contributed by atoms with Crippen molar-refractivity contribution in [3.63, 3.8) is 0 Å². The Hall–Kier alpha value is -1.58. The molecule has 0 atom stereocenters. The number of likely N-dealkylation sites (N-methyl/N-ethyl adjacent to an activating group) is 1. The van der Waals surface area contributed by atoms with Crippen LogP contribution in [0.25, 0.3) is 0 Å². The summed E-state index contributed by atoms with van der Waals surface area (Å²) in [5.74, 6) is -0.0368. The van der Waals surface area contributed by atoms with E-state index in [0.717, 1.165) is 0 Å². The van der Waals surface area contributed by atoms with Crippen LogP contribution in [-0.2, 0) is 11.2 Å². The topological polar surface area (TPSA) is 29.5 Å². The molecule has 4 heteroatoms. The highest BCUT2D eigenvalue weighted by Crippen LogP contribution is 2.17. The molecule has 0 fully saturated rings. The summed E-state index contributed by atoms with van der Waals surface area (Å²) in [7, 11) is 3.30. The van der Waals surface area contributed by atoms with Gasteiger partial charge in [0.1, 0.15) is 11.6 Å². The Balaban J connectivity index is 2.79. The van der Waals surface area contributed by atoms with Crippen molar-refractivity contribution in [3.05, 3.63) is 29.6 Å². The lowest BCUT2D eigenvalue weighted by molar-refractivity contribution is -0.128. The molecule has 1 aromatic rings. The molecule has 0 unspecified atom stereocenters. The highest BCUT2D eigenvalue weighted by atomic mass is 19.1. The molecule has 0 bridgehead atoms. The number of halogens is 1. The SMILES string of the molecule is CCOc1ccc(CC(=O)N(C)C)c(F)c1. The minimum absolute atomic E-state index is 0.0746. The standard InChI is InChI=1S/C12H16FNO2/c1-4-16-10-6-5-9(11(13)8-10)7-12(15)14(2)3/h5-6,8H,4,7H2,1-3H3. The fourth-order valence-electron chi connectivity index (χ4n) is 1.25. The van der Waals surface area contributed by atoms with E-state index in [9.17, 15) is 9.18 Å². The summed E-state index contributed by atoms with van der Waals surface area (Å²) in [4.78, 5) is 12.8. The van der Waals surface area contributed by atoms with Crippen LogP contribution < -0.4 is 4.74 Å². The molecule has 0 aliphatic carbocycles. The predicted molar refractivity (Wildman–Crippen MR) is 60.0 cm³/mol. The molecule has 0 saturated heterocycles. The fraction of sp³-hybridized carbons (Fsp3) is 0.417. The van der Waals surface area contributed by atoms with E-state index < -0.39 is 5.82 Å². The fourth-order valence-corrected chi connectivity index (χ4v) is 1.25. The first kappa shape index (κ1) is 12.5. The summed E-state index contributed by atoms with van der Waals surface area (Å²) < 4.78 is 18.7. The molecule has 0 radical (unpaired) electrons. The number of hydrogen-bond donors (Lipinski definition) is 0. The van der Waals surface area contributed by atoms with Gasteiger partial charge >= 0.3 is 0 Å². The molecule has 1 aromatic carbocycles. The third-order valence-corrected chi connectivity index (χ3v) is 2.18. The summed E-state index contributed by atoms with van der Waals surface area (Å²) >= 11 is 0. The van der Waals surface area contributed by atoms with E-state index >= 15 is 0 Å². The van der Waals surface area contributed by atoms with Crippen molar-refractivity contribution in [3.8, 4) is 5.75 Å². The Bertz CT molecular complexity index is 377. The van der Waals surface area contributed by atoms with Gasteiger partial charge in [-0.15, -0.1) is 0 Å². The Labute approximate surface area is 94.8 Å². The minimum Gasteiger partial charge on any atom is -0.494 e. The zero-order valence-corrected chi connectivity index (χ0v) is 9.79. The van der Waals surface area contributed by atoms with Gasteiger partial charge in [-0.05, 0) is 18.6 Å². The number of carbonyl (C=O) groups excluding carboxylic acids is 1. The largest absolute Gasteiger partial charge is 0.494 e. The van der Waals surface area contributed by atoms with Crippen LogP contribution in [-0.4, -0.2) is 31.5 Å².